The van der Waals surface area contributed by atoms with Crippen LogP contribution in [0.1, 0.15) is 48.8 Å². The van der Waals surface area contributed by atoms with Crippen LogP contribution in [0.15, 0.2) is 55.0 Å². The molecule has 3 rings (SSSR count). The number of alkyl halides is 6. The number of imidazole rings is 1. The number of rotatable bonds is 5. The van der Waals surface area contributed by atoms with Crippen LogP contribution in [-0.4, -0.2) is 22.0 Å². The van der Waals surface area contributed by atoms with E-state index in [2.05, 4.69) is 10.3 Å². The molecule has 0 atom stereocenters. The summed E-state index contributed by atoms with van der Waals surface area (Å²) in [4.78, 5) is 16.5. The van der Waals surface area contributed by atoms with Gasteiger partial charge in [-0.1, -0.05) is 32.9 Å². The lowest BCUT2D eigenvalue weighted by Gasteiger charge is -2.18. The van der Waals surface area contributed by atoms with Crippen LogP contribution in [0, 0.1) is 5.41 Å². The Balaban J connectivity index is 1.89. The fraction of sp³-hybridized carbons (Fsp3) is 0.333. The zero-order chi connectivity index (χ0) is 25.3. The normalized spacial score (nSPS) is 12.6. The molecule has 0 bridgehead atoms. The Morgan fingerprint density at radius 1 is 0.882 bits per heavy atom. The number of hydrogen-bond acceptors (Lipinski definition) is 2. The summed E-state index contributed by atoms with van der Waals surface area (Å²) in [6, 6.07) is 7.23. The quantitative estimate of drug-likeness (QED) is 0.409. The molecule has 1 heterocycles. The van der Waals surface area contributed by atoms with Gasteiger partial charge >= 0.3 is 12.4 Å². The highest BCUT2D eigenvalue weighted by Crippen LogP contribution is 2.38. The van der Waals surface area contributed by atoms with Gasteiger partial charge in [0.15, 0.2) is 0 Å². The second-order valence-corrected chi connectivity index (χ2v) is 9.06. The van der Waals surface area contributed by atoms with Gasteiger partial charge in [0.1, 0.15) is 5.69 Å². The van der Waals surface area contributed by atoms with Crippen molar-refractivity contribution in [3.63, 3.8) is 0 Å². The molecule has 0 unspecified atom stereocenters. The summed E-state index contributed by atoms with van der Waals surface area (Å²) in [5.41, 5.74) is -2.06. The third-order valence-electron chi connectivity index (χ3n) is 5.10. The molecule has 0 radical (unpaired) electrons. The average Bonchev–Trinajstić information content (AvgIpc) is 3.21. The van der Waals surface area contributed by atoms with Crippen LogP contribution >= 0.6 is 0 Å². The Labute approximate surface area is 192 Å². The molecule has 0 fully saturated rings. The standard InChI is InChI=1S/C24H23F6N3O/c1-22(2,3)8-9-32-21(34)20-13-31-14-33(20)19-6-4-15(5-7-19)16-10-17(23(25,26)27)12-18(11-16)24(28,29)30/h4-7,10-14H,8-9H2,1-3H3,(H,32,34). The van der Waals surface area contributed by atoms with E-state index in [-0.39, 0.29) is 34.2 Å². The van der Waals surface area contributed by atoms with Gasteiger partial charge in [-0.2, -0.15) is 26.3 Å². The number of hydrogen-bond donors (Lipinski definition) is 1. The topological polar surface area (TPSA) is 46.9 Å². The Morgan fingerprint density at radius 2 is 1.44 bits per heavy atom. The van der Waals surface area contributed by atoms with Gasteiger partial charge in [-0.05, 0) is 53.3 Å². The van der Waals surface area contributed by atoms with Crippen molar-refractivity contribution in [2.75, 3.05) is 6.54 Å². The zero-order valence-electron chi connectivity index (χ0n) is 18.7. The van der Waals surface area contributed by atoms with Crippen LogP contribution in [-0.2, 0) is 12.4 Å². The number of carbonyl (C=O) groups is 1. The zero-order valence-corrected chi connectivity index (χ0v) is 18.7. The van der Waals surface area contributed by atoms with Crippen LogP contribution in [0.2, 0.25) is 0 Å². The number of nitrogens with one attached hydrogen (secondary N) is 1. The van der Waals surface area contributed by atoms with Gasteiger partial charge in [0, 0.05) is 12.2 Å². The van der Waals surface area contributed by atoms with E-state index in [0.29, 0.717) is 24.4 Å². The number of aromatic nitrogens is 2. The van der Waals surface area contributed by atoms with Crippen molar-refractivity contribution in [3.05, 3.63) is 71.8 Å². The SMILES string of the molecule is CC(C)(C)CCNC(=O)c1cncn1-c1ccc(-c2cc(C(F)(F)F)cc(C(F)(F)F)c2)cc1. The predicted molar refractivity (Wildman–Crippen MR) is 115 cm³/mol. The molecule has 2 aromatic carbocycles. The van der Waals surface area contributed by atoms with Crippen molar-refractivity contribution in [3.8, 4) is 16.8 Å². The van der Waals surface area contributed by atoms with Gasteiger partial charge in [-0.15, -0.1) is 0 Å². The number of benzene rings is 2. The molecular weight excluding hydrogens is 460 g/mol. The Kier molecular flexibility index (Phi) is 6.82. The van der Waals surface area contributed by atoms with E-state index in [9.17, 15) is 31.1 Å². The third-order valence-corrected chi connectivity index (χ3v) is 5.10. The van der Waals surface area contributed by atoms with Gasteiger partial charge in [-0.25, -0.2) is 4.98 Å². The molecule has 0 saturated carbocycles. The smallest absolute Gasteiger partial charge is 0.351 e. The second kappa shape index (κ2) is 9.15. The van der Waals surface area contributed by atoms with E-state index < -0.39 is 23.5 Å². The van der Waals surface area contributed by atoms with Gasteiger partial charge < -0.3 is 5.32 Å². The van der Waals surface area contributed by atoms with E-state index in [0.717, 1.165) is 6.42 Å². The molecule has 4 nitrogen and oxygen atoms in total. The summed E-state index contributed by atoms with van der Waals surface area (Å²) in [5, 5.41) is 2.82. The van der Waals surface area contributed by atoms with Crippen LogP contribution in [0.3, 0.4) is 0 Å². The first-order valence-corrected chi connectivity index (χ1v) is 10.4. The van der Waals surface area contributed by atoms with E-state index in [4.69, 9.17) is 0 Å². The fourth-order valence-electron chi connectivity index (χ4n) is 3.25. The summed E-state index contributed by atoms with van der Waals surface area (Å²) in [5.74, 6) is -0.349. The van der Waals surface area contributed by atoms with Crippen molar-refractivity contribution in [1.29, 1.82) is 0 Å². The molecule has 0 saturated heterocycles. The Morgan fingerprint density at radius 3 is 1.94 bits per heavy atom. The molecule has 1 N–H and O–H groups in total. The maximum absolute atomic E-state index is 13.2. The monoisotopic (exact) mass is 483 g/mol. The van der Waals surface area contributed by atoms with Crippen LogP contribution in [0.4, 0.5) is 26.3 Å². The molecule has 1 aromatic heterocycles. The first kappa shape index (κ1) is 25.3. The van der Waals surface area contributed by atoms with Gasteiger partial charge in [-0.3, -0.25) is 9.36 Å². The highest BCUT2D eigenvalue weighted by atomic mass is 19.4. The molecule has 0 spiro atoms. The molecule has 182 valence electrons. The van der Waals surface area contributed by atoms with Crippen molar-refractivity contribution in [2.24, 2.45) is 5.41 Å². The highest BCUT2D eigenvalue weighted by Gasteiger charge is 2.37. The predicted octanol–water partition coefficient (Wildman–Crippen LogP) is 6.74. The highest BCUT2D eigenvalue weighted by molar-refractivity contribution is 5.93. The number of carbonyl (C=O) groups excluding carboxylic acids is 1. The van der Waals surface area contributed by atoms with Crippen LogP contribution in [0.5, 0.6) is 0 Å². The summed E-state index contributed by atoms with van der Waals surface area (Å²) >= 11 is 0. The minimum absolute atomic E-state index is 0.0404. The molecule has 0 aliphatic carbocycles. The summed E-state index contributed by atoms with van der Waals surface area (Å²) in [6.45, 7) is 6.61. The molecule has 10 heteroatoms. The lowest BCUT2D eigenvalue weighted by molar-refractivity contribution is -0.143. The molecule has 1 amide bonds. The Bertz CT molecular complexity index is 1120. The summed E-state index contributed by atoms with van der Waals surface area (Å²) in [7, 11) is 0. The van der Waals surface area contributed by atoms with Crippen molar-refractivity contribution >= 4 is 5.91 Å². The van der Waals surface area contributed by atoms with E-state index in [1.807, 2.05) is 20.8 Å². The van der Waals surface area contributed by atoms with Crippen molar-refractivity contribution < 1.29 is 31.1 Å². The van der Waals surface area contributed by atoms with E-state index >= 15 is 0 Å². The molecule has 3 aromatic rings. The third kappa shape index (κ3) is 6.18. The lowest BCUT2D eigenvalue weighted by Crippen LogP contribution is -2.28. The van der Waals surface area contributed by atoms with Gasteiger partial charge in [0.2, 0.25) is 0 Å². The lowest BCUT2D eigenvalue weighted by atomic mass is 9.92. The van der Waals surface area contributed by atoms with Gasteiger partial charge in [0.25, 0.3) is 5.91 Å². The molecule has 0 aliphatic rings. The van der Waals surface area contributed by atoms with E-state index in [1.165, 1.54) is 41.4 Å². The van der Waals surface area contributed by atoms with Crippen LogP contribution in [0.25, 0.3) is 16.8 Å². The minimum atomic E-state index is -4.93. The molecule has 0 aliphatic heterocycles. The minimum Gasteiger partial charge on any atom is -0.351 e. The van der Waals surface area contributed by atoms with E-state index in [1.54, 1.807) is 0 Å². The average molecular weight is 483 g/mol. The second-order valence-electron chi connectivity index (χ2n) is 9.06. The van der Waals surface area contributed by atoms with Crippen molar-refractivity contribution in [1.82, 2.24) is 14.9 Å². The van der Waals surface area contributed by atoms with Crippen molar-refractivity contribution in [2.45, 2.75) is 39.5 Å². The van der Waals surface area contributed by atoms with Gasteiger partial charge in [0.05, 0.1) is 23.7 Å². The number of nitrogens with zero attached hydrogens (tertiary/aromatic N) is 2. The Hall–Kier alpha value is -3.30. The van der Waals surface area contributed by atoms with Crippen LogP contribution < -0.4 is 5.32 Å². The number of halogens is 6. The maximum atomic E-state index is 13.2. The first-order valence-electron chi connectivity index (χ1n) is 10.4. The number of amides is 1. The first-order chi connectivity index (χ1) is 15.6. The summed E-state index contributed by atoms with van der Waals surface area (Å²) < 4.78 is 80.4. The fourth-order valence-corrected chi connectivity index (χ4v) is 3.25. The largest absolute Gasteiger partial charge is 0.416 e. The molecule has 34 heavy (non-hydrogen) atoms. The molecular formula is C24H23F6N3O. The summed E-state index contributed by atoms with van der Waals surface area (Å²) in [6.07, 6.45) is -6.31. The maximum Gasteiger partial charge on any atom is 0.416 e.